The van der Waals surface area contributed by atoms with E-state index >= 15 is 0 Å². The Kier molecular flexibility index (Phi) is 4.79. The van der Waals surface area contributed by atoms with Crippen LogP contribution in [0.25, 0.3) is 5.57 Å². The van der Waals surface area contributed by atoms with Crippen LogP contribution in [0.2, 0.25) is 0 Å². The Morgan fingerprint density at radius 3 is 2.36 bits per heavy atom. The van der Waals surface area contributed by atoms with Crippen molar-refractivity contribution in [1.82, 2.24) is 4.90 Å². The SMILES string of the molecule is CC1CC(C)CN(C2=C(c3cccs3)C(=O)N(c3ccc(F)cc3F)C2=O)C1. The van der Waals surface area contributed by atoms with Crippen LogP contribution in [0.5, 0.6) is 0 Å². The largest absolute Gasteiger partial charge is 0.366 e. The predicted octanol–water partition coefficient (Wildman–Crippen LogP) is 4.29. The van der Waals surface area contributed by atoms with Crippen molar-refractivity contribution in [2.45, 2.75) is 20.3 Å². The van der Waals surface area contributed by atoms with Crippen LogP contribution in [0.4, 0.5) is 14.5 Å². The molecule has 2 aliphatic heterocycles. The fourth-order valence-corrected chi connectivity index (χ4v) is 4.94. The molecular weight excluding hydrogens is 382 g/mol. The molecule has 1 aromatic carbocycles. The first kappa shape index (κ1) is 18.8. The van der Waals surface area contributed by atoms with Crippen molar-refractivity contribution in [3.05, 3.63) is 57.9 Å². The maximum absolute atomic E-state index is 14.4. The molecule has 146 valence electrons. The molecule has 0 bridgehead atoms. The second-order valence-corrected chi connectivity index (χ2v) is 8.54. The Morgan fingerprint density at radius 1 is 1.04 bits per heavy atom. The van der Waals surface area contributed by atoms with Gasteiger partial charge in [0.1, 0.15) is 17.3 Å². The third-order valence-corrected chi connectivity index (χ3v) is 6.05. The minimum Gasteiger partial charge on any atom is -0.366 e. The van der Waals surface area contributed by atoms with Gasteiger partial charge in [-0.1, -0.05) is 19.9 Å². The summed E-state index contributed by atoms with van der Waals surface area (Å²) in [6.45, 7) is 5.56. The van der Waals surface area contributed by atoms with Crippen molar-refractivity contribution >= 4 is 34.4 Å². The molecule has 2 unspecified atom stereocenters. The quantitative estimate of drug-likeness (QED) is 0.720. The molecule has 28 heavy (non-hydrogen) atoms. The van der Waals surface area contributed by atoms with Crippen LogP contribution < -0.4 is 4.90 Å². The molecule has 4 nitrogen and oxygen atoms in total. The number of hydrogen-bond acceptors (Lipinski definition) is 4. The molecule has 1 aromatic heterocycles. The summed E-state index contributed by atoms with van der Waals surface area (Å²) in [5.41, 5.74) is 0.387. The highest BCUT2D eigenvalue weighted by molar-refractivity contribution is 7.11. The van der Waals surface area contributed by atoms with Crippen LogP contribution in [0.3, 0.4) is 0 Å². The van der Waals surface area contributed by atoms with Gasteiger partial charge in [-0.15, -0.1) is 11.3 Å². The molecule has 0 aliphatic carbocycles. The van der Waals surface area contributed by atoms with Crippen molar-refractivity contribution < 1.29 is 18.4 Å². The Hall–Kier alpha value is -2.54. The minimum atomic E-state index is -0.936. The number of hydrogen-bond donors (Lipinski definition) is 0. The van der Waals surface area contributed by atoms with Gasteiger partial charge in [-0.3, -0.25) is 9.59 Å². The third kappa shape index (κ3) is 3.13. The van der Waals surface area contributed by atoms with Crippen LogP contribution in [0.1, 0.15) is 25.1 Å². The number of rotatable bonds is 3. The van der Waals surface area contributed by atoms with Crippen molar-refractivity contribution in [3.8, 4) is 0 Å². The molecule has 3 heterocycles. The number of imide groups is 1. The first-order valence-electron chi connectivity index (χ1n) is 9.23. The number of halogens is 2. The van der Waals surface area contributed by atoms with E-state index < -0.39 is 23.4 Å². The van der Waals surface area contributed by atoms with Gasteiger partial charge in [0.05, 0.1) is 11.3 Å². The van der Waals surface area contributed by atoms with Gasteiger partial charge in [0.2, 0.25) is 0 Å². The maximum atomic E-state index is 14.4. The van der Waals surface area contributed by atoms with Gasteiger partial charge in [-0.2, -0.15) is 0 Å². The number of benzene rings is 1. The van der Waals surface area contributed by atoms with E-state index in [1.807, 2.05) is 16.3 Å². The van der Waals surface area contributed by atoms with Gasteiger partial charge in [0.15, 0.2) is 0 Å². The van der Waals surface area contributed by atoms with Crippen LogP contribution in [-0.2, 0) is 9.59 Å². The van der Waals surface area contributed by atoms with E-state index in [2.05, 4.69) is 13.8 Å². The molecule has 1 saturated heterocycles. The molecule has 2 atom stereocenters. The van der Waals surface area contributed by atoms with Gasteiger partial charge in [0.25, 0.3) is 11.8 Å². The average molecular weight is 402 g/mol. The summed E-state index contributed by atoms with van der Waals surface area (Å²) >= 11 is 1.36. The summed E-state index contributed by atoms with van der Waals surface area (Å²) in [5, 5.41) is 1.83. The number of anilines is 1. The summed E-state index contributed by atoms with van der Waals surface area (Å²) in [6, 6.07) is 6.46. The lowest BCUT2D eigenvalue weighted by molar-refractivity contribution is -0.121. The summed E-state index contributed by atoms with van der Waals surface area (Å²) in [4.78, 5) is 30.0. The number of likely N-dealkylation sites (tertiary alicyclic amines) is 1. The van der Waals surface area contributed by atoms with Crippen molar-refractivity contribution in [3.63, 3.8) is 0 Å². The van der Waals surface area contributed by atoms with Gasteiger partial charge < -0.3 is 4.90 Å². The zero-order chi connectivity index (χ0) is 20.0. The van der Waals surface area contributed by atoms with Crippen LogP contribution in [0, 0.1) is 23.5 Å². The number of amides is 2. The Bertz CT molecular complexity index is 961. The van der Waals surface area contributed by atoms with Crippen LogP contribution >= 0.6 is 11.3 Å². The standard InChI is InChI=1S/C21H20F2N2O2S/c1-12-8-13(2)11-24(10-12)19-18(17-4-3-7-28-17)20(26)25(21(19)27)16-6-5-14(22)9-15(16)23/h3-7,9,12-13H,8,10-11H2,1-2H3. The Labute approximate surface area is 166 Å². The first-order valence-corrected chi connectivity index (χ1v) is 10.1. The number of carbonyl (C=O) groups excluding carboxylic acids is 2. The normalized spacial score (nSPS) is 23.1. The number of thiophene rings is 1. The summed E-state index contributed by atoms with van der Waals surface area (Å²) in [6.07, 6.45) is 1.05. The van der Waals surface area contributed by atoms with Crippen molar-refractivity contribution in [1.29, 1.82) is 0 Å². The van der Waals surface area contributed by atoms with E-state index in [9.17, 15) is 18.4 Å². The lowest BCUT2D eigenvalue weighted by atomic mass is 9.91. The minimum absolute atomic E-state index is 0.224. The lowest BCUT2D eigenvalue weighted by Crippen LogP contribution is -2.42. The highest BCUT2D eigenvalue weighted by Gasteiger charge is 2.44. The Balaban J connectivity index is 1.82. The predicted molar refractivity (Wildman–Crippen MR) is 105 cm³/mol. The molecule has 0 spiro atoms. The number of carbonyl (C=O) groups is 2. The van der Waals surface area contributed by atoms with Gasteiger partial charge >= 0.3 is 0 Å². The monoisotopic (exact) mass is 402 g/mol. The molecule has 2 amide bonds. The smallest absolute Gasteiger partial charge is 0.282 e. The second-order valence-electron chi connectivity index (χ2n) is 7.59. The number of piperidine rings is 1. The summed E-state index contributed by atoms with van der Waals surface area (Å²) < 4.78 is 27.7. The molecule has 7 heteroatoms. The molecule has 0 saturated carbocycles. The van der Waals surface area contributed by atoms with Gasteiger partial charge in [0, 0.05) is 24.0 Å². The molecule has 2 aromatic rings. The highest BCUT2D eigenvalue weighted by Crippen LogP contribution is 2.39. The van der Waals surface area contributed by atoms with E-state index in [4.69, 9.17) is 0 Å². The second kappa shape index (κ2) is 7.13. The molecule has 0 radical (unpaired) electrons. The lowest BCUT2D eigenvalue weighted by Gasteiger charge is -2.37. The van der Waals surface area contributed by atoms with Crippen molar-refractivity contribution in [2.75, 3.05) is 18.0 Å². The first-order chi connectivity index (χ1) is 13.4. The summed E-state index contributed by atoms with van der Waals surface area (Å²) in [7, 11) is 0. The fraction of sp³-hybridized carbons (Fsp3) is 0.333. The van der Waals surface area contributed by atoms with Gasteiger partial charge in [-0.25, -0.2) is 13.7 Å². The fourth-order valence-electron chi connectivity index (χ4n) is 4.18. The zero-order valence-electron chi connectivity index (χ0n) is 15.6. The topological polar surface area (TPSA) is 40.6 Å². The van der Waals surface area contributed by atoms with E-state index in [1.165, 1.54) is 11.3 Å². The average Bonchev–Trinajstić information content (AvgIpc) is 3.21. The molecule has 2 aliphatic rings. The molecule has 0 N–H and O–H groups in total. The van der Waals surface area contributed by atoms with E-state index in [-0.39, 0.29) is 5.69 Å². The van der Waals surface area contributed by atoms with Crippen LogP contribution in [-0.4, -0.2) is 29.8 Å². The van der Waals surface area contributed by atoms with Gasteiger partial charge in [-0.05, 0) is 41.8 Å². The van der Waals surface area contributed by atoms with E-state index in [0.29, 0.717) is 47.1 Å². The zero-order valence-corrected chi connectivity index (χ0v) is 16.4. The Morgan fingerprint density at radius 2 is 1.75 bits per heavy atom. The highest BCUT2D eigenvalue weighted by atomic mass is 32.1. The molecule has 4 rings (SSSR count). The maximum Gasteiger partial charge on any atom is 0.282 e. The van der Waals surface area contributed by atoms with E-state index in [0.717, 1.165) is 23.5 Å². The summed E-state index contributed by atoms with van der Waals surface area (Å²) in [5.74, 6) is -2.07. The third-order valence-electron chi connectivity index (χ3n) is 5.16. The molecule has 1 fully saturated rings. The van der Waals surface area contributed by atoms with Crippen molar-refractivity contribution in [2.24, 2.45) is 11.8 Å². The van der Waals surface area contributed by atoms with E-state index in [1.54, 1.807) is 6.07 Å². The molecular formula is C21H20F2N2O2S. The number of nitrogens with zero attached hydrogens (tertiary/aromatic N) is 2. The van der Waals surface area contributed by atoms with Crippen LogP contribution in [0.15, 0.2) is 41.4 Å².